The fourth-order valence-corrected chi connectivity index (χ4v) is 5.79. The highest BCUT2D eigenvalue weighted by Crippen LogP contribution is 2.64. The fourth-order valence-electron chi connectivity index (χ4n) is 5.79. The molecule has 0 aliphatic heterocycles. The third-order valence-electron chi connectivity index (χ3n) is 7.68. The van der Waals surface area contributed by atoms with Crippen LogP contribution < -0.4 is 0 Å². The molecular formula is C23H38O5. The van der Waals surface area contributed by atoms with Gasteiger partial charge in [0.25, 0.3) is 0 Å². The van der Waals surface area contributed by atoms with Crippen molar-refractivity contribution in [3.63, 3.8) is 0 Å². The summed E-state index contributed by atoms with van der Waals surface area (Å²) >= 11 is 0. The van der Waals surface area contributed by atoms with Gasteiger partial charge in [-0.15, -0.1) is 6.58 Å². The van der Waals surface area contributed by atoms with Gasteiger partial charge in [-0.25, -0.2) is 0 Å². The molecule has 5 nitrogen and oxygen atoms in total. The molecule has 2 aliphatic rings. The molecule has 160 valence electrons. The van der Waals surface area contributed by atoms with Crippen LogP contribution >= 0.6 is 0 Å². The summed E-state index contributed by atoms with van der Waals surface area (Å²) in [5.74, 6) is -2.68. The molecule has 2 unspecified atom stereocenters. The van der Waals surface area contributed by atoms with Gasteiger partial charge < -0.3 is 20.4 Å². The normalized spacial score (nSPS) is 37.5. The predicted molar refractivity (Wildman–Crippen MR) is 109 cm³/mol. The van der Waals surface area contributed by atoms with E-state index in [9.17, 15) is 20.1 Å². The average molecular weight is 395 g/mol. The monoisotopic (exact) mass is 394 g/mol. The Bertz CT molecular complexity index is 635. The van der Waals surface area contributed by atoms with Gasteiger partial charge >= 0.3 is 5.97 Å². The highest BCUT2D eigenvalue weighted by atomic mass is 16.5. The lowest BCUT2D eigenvalue weighted by Gasteiger charge is -2.62. The minimum Gasteiger partial charge on any atom is -0.481 e. The van der Waals surface area contributed by atoms with Crippen LogP contribution in [0.5, 0.6) is 0 Å². The van der Waals surface area contributed by atoms with Crippen molar-refractivity contribution in [2.75, 3.05) is 0 Å². The van der Waals surface area contributed by atoms with Crippen molar-refractivity contribution < 1.29 is 25.2 Å². The van der Waals surface area contributed by atoms with E-state index in [1.807, 2.05) is 26.8 Å². The van der Waals surface area contributed by atoms with Crippen molar-refractivity contribution >= 4 is 5.97 Å². The Hall–Kier alpha value is -1.17. The summed E-state index contributed by atoms with van der Waals surface area (Å²) in [5.41, 5.74) is -0.443. The molecule has 0 heterocycles. The number of hydrogen-bond donors (Lipinski definition) is 4. The topological polar surface area (TPSA) is 98.0 Å². The van der Waals surface area contributed by atoms with E-state index >= 15 is 0 Å². The predicted octanol–water partition coefficient (Wildman–Crippen LogP) is 3.74. The van der Waals surface area contributed by atoms with Gasteiger partial charge in [0.15, 0.2) is 5.79 Å². The molecule has 0 aromatic carbocycles. The van der Waals surface area contributed by atoms with Crippen LogP contribution in [0.1, 0.15) is 66.7 Å². The molecule has 2 aliphatic carbocycles. The van der Waals surface area contributed by atoms with Crippen LogP contribution in [0.25, 0.3) is 0 Å². The quantitative estimate of drug-likeness (QED) is 0.389. The van der Waals surface area contributed by atoms with Gasteiger partial charge in [-0.3, -0.25) is 4.79 Å². The zero-order valence-corrected chi connectivity index (χ0v) is 18.0. The first-order valence-electron chi connectivity index (χ1n) is 10.5. The summed E-state index contributed by atoms with van der Waals surface area (Å²) in [7, 11) is 0. The second-order valence-electron chi connectivity index (χ2n) is 9.96. The lowest BCUT2D eigenvalue weighted by molar-refractivity contribution is -0.317. The summed E-state index contributed by atoms with van der Waals surface area (Å²) in [6, 6.07) is 0. The van der Waals surface area contributed by atoms with Crippen molar-refractivity contribution in [1.29, 1.82) is 0 Å². The zero-order chi connectivity index (χ0) is 21.5. The first-order valence-corrected chi connectivity index (χ1v) is 10.5. The van der Waals surface area contributed by atoms with Gasteiger partial charge in [-0.2, -0.15) is 0 Å². The van der Waals surface area contributed by atoms with Crippen molar-refractivity contribution in [2.24, 2.45) is 34.5 Å². The van der Waals surface area contributed by atoms with Gasteiger partial charge in [0.1, 0.15) is 6.10 Å². The van der Waals surface area contributed by atoms with Gasteiger partial charge in [-0.1, -0.05) is 52.3 Å². The lowest BCUT2D eigenvalue weighted by Crippen LogP contribution is -2.67. The van der Waals surface area contributed by atoms with E-state index < -0.39 is 28.7 Å². The molecule has 0 bridgehead atoms. The maximum absolute atomic E-state index is 11.2. The van der Waals surface area contributed by atoms with Gasteiger partial charge in [-0.05, 0) is 54.8 Å². The summed E-state index contributed by atoms with van der Waals surface area (Å²) in [5, 5.41) is 42.0. The number of allylic oxidation sites excluding steroid dienone is 2. The molecule has 6 atom stereocenters. The van der Waals surface area contributed by atoms with Crippen LogP contribution in [-0.4, -0.2) is 38.3 Å². The van der Waals surface area contributed by atoms with Crippen molar-refractivity contribution in [2.45, 2.75) is 78.6 Å². The highest BCUT2D eigenvalue weighted by molar-refractivity contribution is 5.66. The van der Waals surface area contributed by atoms with E-state index in [0.717, 1.165) is 18.4 Å². The van der Waals surface area contributed by atoms with E-state index in [0.29, 0.717) is 12.3 Å². The van der Waals surface area contributed by atoms with E-state index in [2.05, 4.69) is 26.5 Å². The molecule has 0 radical (unpaired) electrons. The Morgan fingerprint density at radius 3 is 2.46 bits per heavy atom. The highest BCUT2D eigenvalue weighted by Gasteiger charge is 2.65. The fraction of sp³-hybridized carbons (Fsp3) is 0.783. The van der Waals surface area contributed by atoms with Gasteiger partial charge in [0.2, 0.25) is 0 Å². The SMILES string of the molecule is C=C[C@@H](C)CC[C@H]1[C@@H](C)C(CCC(=O)O)C=C2C(C)(C)CC(O)C(O)(O)[C@@]21C. The standard InChI is InChI=1S/C23H38O5/c1-7-14(2)8-10-17-15(3)16(9-11-20(25)26)12-18-21(4,5)13-19(24)23(27,28)22(17,18)6/h7,12,14-17,19,24,27-28H,1,8-11,13H2,2-6H3,(H,25,26)/t14-,15+,16?,17+,19?,22-/m1/s1. The van der Waals surface area contributed by atoms with E-state index in [1.165, 1.54) is 0 Å². The summed E-state index contributed by atoms with van der Waals surface area (Å²) < 4.78 is 0. The molecule has 0 aromatic heterocycles. The van der Waals surface area contributed by atoms with Crippen molar-refractivity contribution in [1.82, 2.24) is 0 Å². The first kappa shape index (κ1) is 23.1. The number of carboxylic acid groups (broad SMARTS) is 1. The molecule has 4 N–H and O–H groups in total. The van der Waals surface area contributed by atoms with Crippen LogP contribution in [0.3, 0.4) is 0 Å². The Balaban J connectivity index is 2.55. The van der Waals surface area contributed by atoms with E-state index in [4.69, 9.17) is 5.11 Å². The number of fused-ring (bicyclic) bond motifs is 1. The molecule has 0 amide bonds. The van der Waals surface area contributed by atoms with Gasteiger partial charge in [0.05, 0.1) is 0 Å². The lowest BCUT2D eigenvalue weighted by atomic mass is 9.46. The maximum atomic E-state index is 11.2. The largest absolute Gasteiger partial charge is 0.481 e. The zero-order valence-electron chi connectivity index (χ0n) is 18.0. The first-order chi connectivity index (χ1) is 12.8. The smallest absolute Gasteiger partial charge is 0.303 e. The number of aliphatic hydroxyl groups is 3. The maximum Gasteiger partial charge on any atom is 0.303 e. The number of carboxylic acids is 1. The number of rotatable bonds is 7. The third-order valence-corrected chi connectivity index (χ3v) is 7.68. The molecule has 0 saturated heterocycles. The van der Waals surface area contributed by atoms with Gasteiger partial charge in [0, 0.05) is 11.8 Å². The van der Waals surface area contributed by atoms with Crippen molar-refractivity contribution in [3.05, 3.63) is 24.3 Å². The molecule has 28 heavy (non-hydrogen) atoms. The molecule has 1 fully saturated rings. The Morgan fingerprint density at radius 2 is 1.93 bits per heavy atom. The summed E-state index contributed by atoms with van der Waals surface area (Å²) in [6.45, 7) is 14.0. The minimum absolute atomic E-state index is 0.0635. The Morgan fingerprint density at radius 1 is 1.32 bits per heavy atom. The average Bonchev–Trinajstić information content (AvgIpc) is 2.58. The molecule has 1 saturated carbocycles. The number of aliphatic hydroxyl groups excluding tert-OH is 1. The third kappa shape index (κ3) is 3.81. The Labute approximate surface area is 169 Å². The van der Waals surface area contributed by atoms with Crippen LogP contribution in [0, 0.1) is 34.5 Å². The molecule has 2 rings (SSSR count). The summed E-state index contributed by atoms with van der Waals surface area (Å²) in [6.07, 6.45) is 5.28. The Kier molecular flexibility index (Phi) is 6.54. The van der Waals surface area contributed by atoms with Crippen LogP contribution in [-0.2, 0) is 4.79 Å². The van der Waals surface area contributed by atoms with E-state index in [-0.39, 0.29) is 30.6 Å². The molecule has 0 spiro atoms. The van der Waals surface area contributed by atoms with Crippen LogP contribution in [0.2, 0.25) is 0 Å². The number of aliphatic carboxylic acids is 1. The van der Waals surface area contributed by atoms with Crippen LogP contribution in [0.15, 0.2) is 24.3 Å². The molecule has 0 aromatic rings. The van der Waals surface area contributed by atoms with Crippen LogP contribution in [0.4, 0.5) is 0 Å². The minimum atomic E-state index is -2.22. The number of carbonyl (C=O) groups is 1. The number of hydrogen-bond acceptors (Lipinski definition) is 4. The molecular weight excluding hydrogens is 356 g/mol. The van der Waals surface area contributed by atoms with E-state index in [1.54, 1.807) is 0 Å². The second-order valence-corrected chi connectivity index (χ2v) is 9.96. The summed E-state index contributed by atoms with van der Waals surface area (Å²) in [4.78, 5) is 11.2. The van der Waals surface area contributed by atoms with Crippen molar-refractivity contribution in [3.8, 4) is 0 Å². The second kappa shape index (κ2) is 7.92. The molecule has 5 heteroatoms.